The molecule has 0 spiro atoms. The van der Waals surface area contributed by atoms with Gasteiger partial charge >= 0.3 is 0 Å². The molecule has 0 amide bonds. The number of benzene rings is 1. The lowest BCUT2D eigenvalue weighted by atomic mass is 10.1. The third-order valence-electron chi connectivity index (χ3n) is 4.41. The van der Waals surface area contributed by atoms with Crippen LogP contribution in [0.1, 0.15) is 12.5 Å². The molecule has 2 aliphatic rings. The zero-order valence-electron chi connectivity index (χ0n) is 15.6. The first kappa shape index (κ1) is 21.0. The van der Waals surface area contributed by atoms with E-state index in [2.05, 4.69) is 39.2 Å². The van der Waals surface area contributed by atoms with Gasteiger partial charge in [-0.25, -0.2) is 0 Å². The van der Waals surface area contributed by atoms with Crippen LogP contribution in [0.25, 0.3) is 0 Å². The van der Waals surface area contributed by atoms with Gasteiger partial charge in [0.05, 0.1) is 13.2 Å². The van der Waals surface area contributed by atoms with Gasteiger partial charge in [0, 0.05) is 46.4 Å². The van der Waals surface area contributed by atoms with E-state index in [4.69, 9.17) is 14.2 Å². The van der Waals surface area contributed by atoms with Gasteiger partial charge in [0.2, 0.25) is 6.79 Å². The van der Waals surface area contributed by atoms with Crippen molar-refractivity contribution < 1.29 is 14.2 Å². The number of nitrogens with one attached hydrogen (secondary N) is 1. The Hall–Kier alpha value is -1.26. The van der Waals surface area contributed by atoms with Crippen LogP contribution in [-0.2, 0) is 11.3 Å². The van der Waals surface area contributed by atoms with Gasteiger partial charge in [0.1, 0.15) is 0 Å². The van der Waals surface area contributed by atoms with Gasteiger partial charge in [-0.2, -0.15) is 0 Å². The van der Waals surface area contributed by atoms with Crippen molar-refractivity contribution in [3.63, 3.8) is 0 Å². The van der Waals surface area contributed by atoms with Crippen molar-refractivity contribution in [3.05, 3.63) is 23.8 Å². The van der Waals surface area contributed by atoms with Crippen molar-refractivity contribution in [2.45, 2.75) is 13.5 Å². The topological polar surface area (TPSA) is 58.6 Å². The molecule has 1 N–H and O–H groups in total. The molecule has 1 aromatic carbocycles. The maximum Gasteiger partial charge on any atom is 0.231 e. The van der Waals surface area contributed by atoms with Crippen molar-refractivity contribution in [2.75, 3.05) is 59.8 Å². The van der Waals surface area contributed by atoms with Crippen LogP contribution in [0.3, 0.4) is 0 Å². The van der Waals surface area contributed by atoms with Crippen molar-refractivity contribution in [1.29, 1.82) is 0 Å². The minimum absolute atomic E-state index is 0. The largest absolute Gasteiger partial charge is 0.454 e. The molecule has 0 bridgehead atoms. The van der Waals surface area contributed by atoms with Crippen LogP contribution in [0.5, 0.6) is 11.5 Å². The smallest absolute Gasteiger partial charge is 0.231 e. The van der Waals surface area contributed by atoms with Gasteiger partial charge in [-0.05, 0) is 24.6 Å². The molecule has 0 saturated carbocycles. The quantitative estimate of drug-likeness (QED) is 0.293. The Balaban J connectivity index is 0.00000243. The van der Waals surface area contributed by atoms with Crippen molar-refractivity contribution in [2.24, 2.45) is 4.99 Å². The Kier molecular flexibility index (Phi) is 8.73. The highest BCUT2D eigenvalue weighted by atomic mass is 127. The summed E-state index contributed by atoms with van der Waals surface area (Å²) in [4.78, 5) is 9.43. The van der Waals surface area contributed by atoms with Crippen LogP contribution in [0, 0.1) is 0 Å². The maximum atomic E-state index is 5.47. The van der Waals surface area contributed by atoms with E-state index in [0.717, 1.165) is 56.7 Å². The molecule has 0 atom stereocenters. The van der Waals surface area contributed by atoms with Gasteiger partial charge < -0.3 is 24.4 Å². The van der Waals surface area contributed by atoms with E-state index in [1.165, 1.54) is 5.56 Å². The minimum atomic E-state index is 0. The number of hydrogen-bond acceptors (Lipinski definition) is 5. The van der Waals surface area contributed by atoms with E-state index < -0.39 is 0 Å². The second kappa shape index (κ2) is 10.8. The zero-order valence-corrected chi connectivity index (χ0v) is 17.9. The third-order valence-corrected chi connectivity index (χ3v) is 4.41. The van der Waals surface area contributed by atoms with E-state index in [1.807, 2.05) is 6.07 Å². The first-order valence-corrected chi connectivity index (χ1v) is 8.93. The lowest BCUT2D eigenvalue weighted by Gasteiger charge is -2.36. The molecule has 3 rings (SSSR count). The number of hydrogen-bond donors (Lipinski definition) is 1. The SMILES string of the molecule is CCNC(=NCCOC)N1CCN(Cc2ccc3c(c2)OCO3)CC1.I. The molecule has 0 unspecified atom stereocenters. The predicted molar refractivity (Wildman–Crippen MR) is 113 cm³/mol. The molecule has 0 radical (unpaired) electrons. The first-order valence-electron chi connectivity index (χ1n) is 8.93. The maximum absolute atomic E-state index is 5.47. The molecular weight excluding hydrogens is 447 g/mol. The summed E-state index contributed by atoms with van der Waals surface area (Å²) in [5.41, 5.74) is 1.26. The molecule has 2 heterocycles. The van der Waals surface area contributed by atoms with Crippen LogP contribution in [-0.4, -0.2) is 75.5 Å². The van der Waals surface area contributed by atoms with Gasteiger partial charge in [-0.15, -0.1) is 24.0 Å². The lowest BCUT2D eigenvalue weighted by molar-refractivity contribution is 0.170. The van der Waals surface area contributed by atoms with Crippen LogP contribution in [0.2, 0.25) is 0 Å². The van der Waals surface area contributed by atoms with E-state index >= 15 is 0 Å². The van der Waals surface area contributed by atoms with Crippen molar-refractivity contribution in [1.82, 2.24) is 15.1 Å². The Labute approximate surface area is 172 Å². The monoisotopic (exact) mass is 476 g/mol. The molecule has 0 aliphatic carbocycles. The molecule has 7 nitrogen and oxygen atoms in total. The van der Waals surface area contributed by atoms with Gasteiger partial charge in [-0.1, -0.05) is 6.07 Å². The number of aliphatic imine (C=N–C) groups is 1. The Morgan fingerprint density at radius 1 is 1.19 bits per heavy atom. The number of guanidine groups is 1. The van der Waals surface area contributed by atoms with Crippen molar-refractivity contribution in [3.8, 4) is 11.5 Å². The van der Waals surface area contributed by atoms with Crippen LogP contribution >= 0.6 is 24.0 Å². The van der Waals surface area contributed by atoms with Gasteiger partial charge in [-0.3, -0.25) is 9.89 Å². The predicted octanol–water partition coefficient (Wildman–Crippen LogP) is 1.76. The normalized spacial score (nSPS) is 17.2. The van der Waals surface area contributed by atoms with Crippen molar-refractivity contribution >= 4 is 29.9 Å². The summed E-state index contributed by atoms with van der Waals surface area (Å²) in [6.07, 6.45) is 0. The average molecular weight is 476 g/mol. The molecule has 0 aromatic heterocycles. The number of nitrogens with zero attached hydrogens (tertiary/aromatic N) is 3. The highest BCUT2D eigenvalue weighted by molar-refractivity contribution is 14.0. The molecule has 26 heavy (non-hydrogen) atoms. The summed E-state index contributed by atoms with van der Waals surface area (Å²) in [7, 11) is 1.71. The van der Waals surface area contributed by atoms with E-state index in [9.17, 15) is 0 Å². The fourth-order valence-electron chi connectivity index (χ4n) is 3.08. The number of fused-ring (bicyclic) bond motifs is 1. The summed E-state index contributed by atoms with van der Waals surface area (Å²) in [6.45, 7) is 9.56. The highest BCUT2D eigenvalue weighted by Crippen LogP contribution is 2.32. The summed E-state index contributed by atoms with van der Waals surface area (Å²) in [5, 5.41) is 3.38. The molecule has 1 aromatic rings. The number of rotatable bonds is 6. The number of ether oxygens (including phenoxy) is 3. The minimum Gasteiger partial charge on any atom is -0.454 e. The Morgan fingerprint density at radius 2 is 1.96 bits per heavy atom. The molecule has 2 aliphatic heterocycles. The summed E-state index contributed by atoms with van der Waals surface area (Å²) >= 11 is 0. The van der Waals surface area contributed by atoms with Crippen LogP contribution in [0.15, 0.2) is 23.2 Å². The molecule has 1 saturated heterocycles. The number of halogens is 1. The summed E-state index contributed by atoms with van der Waals surface area (Å²) in [6, 6.07) is 6.21. The number of piperazine rings is 1. The molecule has 146 valence electrons. The summed E-state index contributed by atoms with van der Waals surface area (Å²) in [5.74, 6) is 2.69. The standard InChI is InChI=1S/C18H28N4O3.HI/c1-3-19-18(20-6-11-23-2)22-9-7-21(8-10-22)13-15-4-5-16-17(12-15)25-14-24-16;/h4-5,12H,3,6-11,13-14H2,1-2H3,(H,19,20);1H. The zero-order chi connectivity index (χ0) is 17.5. The second-order valence-electron chi connectivity index (χ2n) is 6.18. The molecule has 8 heteroatoms. The van der Waals surface area contributed by atoms with Gasteiger partial charge in [0.15, 0.2) is 17.5 Å². The second-order valence-corrected chi connectivity index (χ2v) is 6.18. The lowest BCUT2D eigenvalue weighted by Crippen LogP contribution is -2.52. The third kappa shape index (κ3) is 5.62. The van der Waals surface area contributed by atoms with E-state index in [0.29, 0.717) is 19.9 Å². The van der Waals surface area contributed by atoms with Gasteiger partial charge in [0.25, 0.3) is 0 Å². The Bertz CT molecular complexity index is 592. The first-order chi connectivity index (χ1) is 12.3. The van der Waals surface area contributed by atoms with Crippen LogP contribution in [0.4, 0.5) is 0 Å². The molecule has 1 fully saturated rings. The Morgan fingerprint density at radius 3 is 2.69 bits per heavy atom. The van der Waals surface area contributed by atoms with E-state index in [-0.39, 0.29) is 24.0 Å². The van der Waals surface area contributed by atoms with E-state index in [1.54, 1.807) is 7.11 Å². The summed E-state index contributed by atoms with van der Waals surface area (Å²) < 4.78 is 15.9. The highest BCUT2D eigenvalue weighted by Gasteiger charge is 2.20. The fourth-order valence-corrected chi connectivity index (χ4v) is 3.08. The molecular formula is C18H29IN4O3. The van der Waals surface area contributed by atoms with Crippen LogP contribution < -0.4 is 14.8 Å². The average Bonchev–Trinajstić information content (AvgIpc) is 3.10. The fraction of sp³-hybridized carbons (Fsp3) is 0.611. The number of methoxy groups -OCH3 is 1.